The van der Waals surface area contributed by atoms with Crippen LogP contribution in [0.4, 0.5) is 11.4 Å². The Morgan fingerprint density at radius 3 is 1.91 bits per heavy atom. The zero-order valence-corrected chi connectivity index (χ0v) is 17.5. The van der Waals surface area contributed by atoms with Crippen molar-refractivity contribution >= 4 is 17.3 Å². The second-order valence-electron chi connectivity index (χ2n) is 7.14. The van der Waals surface area contributed by atoms with Gasteiger partial charge in [0.2, 0.25) is 0 Å². The molecule has 4 rings (SSSR count). The van der Waals surface area contributed by atoms with Gasteiger partial charge in [-0.25, -0.2) is 0 Å². The topological polar surface area (TPSA) is 59.6 Å². The summed E-state index contributed by atoms with van der Waals surface area (Å²) in [5, 5.41) is 6.19. The molecule has 0 spiro atoms. The number of amides is 1. The summed E-state index contributed by atoms with van der Waals surface area (Å²) in [7, 11) is 0. The van der Waals surface area contributed by atoms with Crippen molar-refractivity contribution in [3.63, 3.8) is 0 Å². The summed E-state index contributed by atoms with van der Waals surface area (Å²) in [5.74, 6) is 2.06. The Morgan fingerprint density at radius 2 is 1.22 bits per heavy atom. The van der Waals surface area contributed by atoms with Gasteiger partial charge in [0.15, 0.2) is 6.61 Å². The monoisotopic (exact) mass is 424 g/mol. The maximum Gasteiger partial charge on any atom is 0.262 e. The van der Waals surface area contributed by atoms with E-state index in [9.17, 15) is 4.79 Å². The first-order chi connectivity index (χ1) is 15.7. The van der Waals surface area contributed by atoms with Gasteiger partial charge in [-0.3, -0.25) is 4.79 Å². The fraction of sp³-hybridized carbons (Fsp3) is 0.0741. The summed E-state index contributed by atoms with van der Waals surface area (Å²) in [6.45, 7) is 0.636. The standard InChI is InChI=1S/C27H24N2O3/c30-27(29-23-7-3-1-4-8-23)20-31-24-15-11-21(12-16-24)19-28-22-13-17-26(18-14-22)32-25-9-5-2-6-10-25/h1-18,28H,19-20H2,(H,29,30). The van der Waals surface area contributed by atoms with Crippen LogP contribution in [0.2, 0.25) is 0 Å². The molecular weight excluding hydrogens is 400 g/mol. The Hall–Kier alpha value is -4.25. The minimum atomic E-state index is -0.193. The van der Waals surface area contributed by atoms with Crippen molar-refractivity contribution in [1.29, 1.82) is 0 Å². The van der Waals surface area contributed by atoms with Gasteiger partial charge in [-0.05, 0) is 66.2 Å². The van der Waals surface area contributed by atoms with Gasteiger partial charge in [-0.2, -0.15) is 0 Å². The van der Waals surface area contributed by atoms with Gasteiger partial charge >= 0.3 is 0 Å². The van der Waals surface area contributed by atoms with Gasteiger partial charge in [0.05, 0.1) is 0 Å². The van der Waals surface area contributed by atoms with E-state index in [0.29, 0.717) is 12.3 Å². The van der Waals surface area contributed by atoms with E-state index in [1.807, 2.05) is 109 Å². The van der Waals surface area contributed by atoms with E-state index in [1.165, 1.54) is 0 Å². The molecule has 5 nitrogen and oxygen atoms in total. The van der Waals surface area contributed by atoms with Crippen LogP contribution in [0.15, 0.2) is 109 Å². The smallest absolute Gasteiger partial charge is 0.262 e. The molecule has 1 amide bonds. The van der Waals surface area contributed by atoms with Gasteiger partial charge in [0, 0.05) is 17.9 Å². The lowest BCUT2D eigenvalue weighted by atomic mass is 10.2. The Labute approximate surface area is 187 Å². The second-order valence-corrected chi connectivity index (χ2v) is 7.14. The molecule has 0 radical (unpaired) electrons. The average molecular weight is 425 g/mol. The van der Waals surface area contributed by atoms with Crippen LogP contribution in [-0.2, 0) is 11.3 Å². The fourth-order valence-electron chi connectivity index (χ4n) is 3.04. The Morgan fingerprint density at radius 1 is 0.625 bits per heavy atom. The number of carbonyl (C=O) groups is 1. The molecule has 0 aliphatic heterocycles. The summed E-state index contributed by atoms with van der Waals surface area (Å²) >= 11 is 0. The first-order valence-electron chi connectivity index (χ1n) is 10.4. The fourth-order valence-corrected chi connectivity index (χ4v) is 3.04. The molecule has 0 bridgehead atoms. The summed E-state index contributed by atoms with van der Waals surface area (Å²) < 4.78 is 11.4. The van der Waals surface area contributed by atoms with Crippen LogP contribution in [0.1, 0.15) is 5.56 Å². The maximum atomic E-state index is 12.0. The van der Waals surface area contributed by atoms with Crippen molar-refractivity contribution in [3.8, 4) is 17.2 Å². The van der Waals surface area contributed by atoms with Gasteiger partial charge in [-0.15, -0.1) is 0 Å². The predicted octanol–water partition coefficient (Wildman–Crippen LogP) is 6.11. The zero-order chi connectivity index (χ0) is 22.0. The second kappa shape index (κ2) is 10.7. The number of nitrogens with one attached hydrogen (secondary N) is 2. The summed E-state index contributed by atoms with van der Waals surface area (Å²) in [5.41, 5.74) is 2.86. The zero-order valence-electron chi connectivity index (χ0n) is 17.5. The summed E-state index contributed by atoms with van der Waals surface area (Å²) in [6.07, 6.45) is 0. The highest BCUT2D eigenvalue weighted by Crippen LogP contribution is 2.23. The van der Waals surface area contributed by atoms with Crippen LogP contribution < -0.4 is 20.1 Å². The van der Waals surface area contributed by atoms with Crippen LogP contribution in [-0.4, -0.2) is 12.5 Å². The average Bonchev–Trinajstić information content (AvgIpc) is 2.84. The molecule has 2 N–H and O–H groups in total. The summed E-state index contributed by atoms with van der Waals surface area (Å²) in [6, 6.07) is 34.6. The SMILES string of the molecule is O=C(COc1ccc(CNc2ccc(Oc3ccccc3)cc2)cc1)Nc1ccccc1. The van der Waals surface area contributed by atoms with Crippen molar-refractivity contribution < 1.29 is 14.3 Å². The molecule has 0 unspecified atom stereocenters. The molecule has 5 heteroatoms. The highest BCUT2D eigenvalue weighted by molar-refractivity contribution is 5.91. The molecule has 0 heterocycles. The van der Waals surface area contributed by atoms with Crippen molar-refractivity contribution in [2.75, 3.05) is 17.2 Å². The van der Waals surface area contributed by atoms with Crippen LogP contribution in [0.3, 0.4) is 0 Å². The Kier molecular flexibility index (Phi) is 7.01. The minimum Gasteiger partial charge on any atom is -0.484 e. The highest BCUT2D eigenvalue weighted by atomic mass is 16.5. The van der Waals surface area contributed by atoms with Crippen molar-refractivity contribution in [2.24, 2.45) is 0 Å². The molecule has 0 saturated heterocycles. The third-order valence-electron chi connectivity index (χ3n) is 4.68. The third-order valence-corrected chi connectivity index (χ3v) is 4.68. The molecule has 0 atom stereocenters. The van der Waals surface area contributed by atoms with Crippen LogP contribution in [0.5, 0.6) is 17.2 Å². The van der Waals surface area contributed by atoms with Crippen molar-refractivity contribution in [1.82, 2.24) is 0 Å². The minimum absolute atomic E-state index is 0.0378. The van der Waals surface area contributed by atoms with Crippen LogP contribution in [0.25, 0.3) is 0 Å². The lowest BCUT2D eigenvalue weighted by Gasteiger charge is -2.10. The predicted molar refractivity (Wildman–Crippen MR) is 127 cm³/mol. The van der Waals surface area contributed by atoms with Gasteiger partial charge in [0.25, 0.3) is 5.91 Å². The number of hydrogen-bond acceptors (Lipinski definition) is 4. The number of benzene rings is 4. The van der Waals surface area contributed by atoms with Crippen LogP contribution in [0, 0.1) is 0 Å². The maximum absolute atomic E-state index is 12.0. The number of ether oxygens (including phenoxy) is 2. The first-order valence-corrected chi connectivity index (χ1v) is 10.4. The molecule has 0 aromatic heterocycles. The van der Waals surface area contributed by atoms with Crippen molar-refractivity contribution in [3.05, 3.63) is 115 Å². The number of para-hydroxylation sites is 2. The lowest BCUT2D eigenvalue weighted by Crippen LogP contribution is -2.20. The highest BCUT2D eigenvalue weighted by Gasteiger charge is 2.04. The number of rotatable bonds is 9. The number of anilines is 2. The number of carbonyl (C=O) groups excluding carboxylic acids is 1. The van der Waals surface area contributed by atoms with Crippen molar-refractivity contribution in [2.45, 2.75) is 6.54 Å². The van der Waals surface area contributed by atoms with E-state index < -0.39 is 0 Å². The quantitative estimate of drug-likeness (QED) is 0.340. The molecule has 160 valence electrons. The lowest BCUT2D eigenvalue weighted by molar-refractivity contribution is -0.118. The summed E-state index contributed by atoms with van der Waals surface area (Å²) in [4.78, 5) is 12.0. The molecule has 4 aromatic carbocycles. The Balaban J connectivity index is 1.22. The third kappa shape index (κ3) is 6.37. The molecule has 4 aromatic rings. The van der Waals surface area contributed by atoms with E-state index in [1.54, 1.807) is 0 Å². The molecule has 32 heavy (non-hydrogen) atoms. The van der Waals surface area contributed by atoms with E-state index in [4.69, 9.17) is 9.47 Å². The van der Waals surface area contributed by atoms with E-state index in [-0.39, 0.29) is 12.5 Å². The van der Waals surface area contributed by atoms with Gasteiger partial charge in [0.1, 0.15) is 17.2 Å². The molecule has 0 fully saturated rings. The normalized spacial score (nSPS) is 10.2. The number of hydrogen-bond donors (Lipinski definition) is 2. The van der Waals surface area contributed by atoms with E-state index >= 15 is 0 Å². The van der Waals surface area contributed by atoms with Crippen LogP contribution >= 0.6 is 0 Å². The molecular formula is C27H24N2O3. The van der Waals surface area contributed by atoms with E-state index in [2.05, 4.69) is 10.6 Å². The van der Waals surface area contributed by atoms with Gasteiger partial charge in [-0.1, -0.05) is 48.5 Å². The molecule has 0 aliphatic rings. The molecule has 0 saturated carbocycles. The largest absolute Gasteiger partial charge is 0.484 e. The molecule has 0 aliphatic carbocycles. The van der Waals surface area contributed by atoms with E-state index in [0.717, 1.165) is 28.4 Å². The first kappa shape index (κ1) is 21.0. The van der Waals surface area contributed by atoms with Gasteiger partial charge < -0.3 is 20.1 Å². The Bertz CT molecular complexity index is 1110.